The third kappa shape index (κ3) is 3.04. The van der Waals surface area contributed by atoms with Gasteiger partial charge in [-0.25, -0.2) is 0 Å². The van der Waals surface area contributed by atoms with Crippen LogP contribution in [0.2, 0.25) is 0 Å². The van der Waals surface area contributed by atoms with Crippen LogP contribution in [0.25, 0.3) is 0 Å². The Labute approximate surface area is 47.9 Å². The van der Waals surface area contributed by atoms with Gasteiger partial charge < -0.3 is 4.74 Å². The fourth-order valence-corrected chi connectivity index (χ4v) is 0.237. The van der Waals surface area contributed by atoms with Gasteiger partial charge in [-0.2, -0.15) is 4.79 Å². The SMILES string of the molecule is CCOC(=O)[CH+]C#N. The maximum atomic E-state index is 10.1. The van der Waals surface area contributed by atoms with Gasteiger partial charge in [0.1, 0.15) is 0 Å². The molecule has 0 bridgehead atoms. The van der Waals surface area contributed by atoms with Gasteiger partial charge in [-0.15, -0.1) is 5.26 Å². The molecule has 0 saturated heterocycles. The minimum absolute atomic E-state index is 0.316. The largest absolute Gasteiger partial charge is 0.514 e. The molecule has 42 valence electrons. The first-order valence-electron chi connectivity index (χ1n) is 2.20. The summed E-state index contributed by atoms with van der Waals surface area (Å²) in [7, 11) is 0. The van der Waals surface area contributed by atoms with E-state index in [2.05, 4.69) is 4.74 Å². The molecule has 0 aliphatic heterocycles. The maximum Gasteiger partial charge on any atom is 0.514 e. The van der Waals surface area contributed by atoms with Crippen molar-refractivity contribution < 1.29 is 9.53 Å². The molecule has 0 amide bonds. The summed E-state index contributed by atoms with van der Waals surface area (Å²) in [6.45, 7) is 2.00. The Kier molecular flexibility index (Phi) is 3.42. The summed E-state index contributed by atoms with van der Waals surface area (Å²) in [6.07, 6.45) is 0.823. The molecule has 0 aromatic carbocycles. The van der Waals surface area contributed by atoms with Crippen LogP contribution in [0.4, 0.5) is 0 Å². The number of esters is 1. The first kappa shape index (κ1) is 6.83. The van der Waals surface area contributed by atoms with E-state index in [-0.39, 0.29) is 0 Å². The van der Waals surface area contributed by atoms with E-state index in [1.165, 1.54) is 0 Å². The van der Waals surface area contributed by atoms with Crippen LogP contribution < -0.4 is 0 Å². The molecule has 8 heavy (non-hydrogen) atoms. The molecular formula is C5H6NO2+. The third-order valence-corrected chi connectivity index (χ3v) is 0.469. The number of hydrogen-bond acceptors (Lipinski definition) is 3. The number of nitrogens with zero attached hydrogens (tertiary/aromatic N) is 1. The van der Waals surface area contributed by atoms with E-state index in [4.69, 9.17) is 5.26 Å². The van der Waals surface area contributed by atoms with Gasteiger partial charge in [-0.05, 0) is 6.92 Å². The molecule has 0 rings (SSSR count). The van der Waals surface area contributed by atoms with Crippen molar-refractivity contribution in [3.8, 4) is 6.07 Å². The topological polar surface area (TPSA) is 50.1 Å². The molecule has 0 aliphatic carbocycles. The zero-order valence-corrected chi connectivity index (χ0v) is 4.55. The molecule has 0 spiro atoms. The van der Waals surface area contributed by atoms with Gasteiger partial charge in [-0.3, -0.25) is 0 Å². The van der Waals surface area contributed by atoms with E-state index in [1.807, 2.05) is 0 Å². The van der Waals surface area contributed by atoms with Crippen molar-refractivity contribution in [3.05, 3.63) is 6.42 Å². The highest BCUT2D eigenvalue weighted by Crippen LogP contribution is 1.79. The maximum absolute atomic E-state index is 10.1. The van der Waals surface area contributed by atoms with E-state index >= 15 is 0 Å². The molecule has 0 radical (unpaired) electrons. The molecule has 0 heterocycles. The van der Waals surface area contributed by atoms with Crippen LogP contribution in [0.15, 0.2) is 0 Å². The van der Waals surface area contributed by atoms with Gasteiger partial charge in [0.15, 0.2) is 0 Å². The lowest BCUT2D eigenvalue weighted by Gasteiger charge is -1.84. The number of rotatable bonds is 2. The van der Waals surface area contributed by atoms with E-state index in [0.717, 1.165) is 6.42 Å². The highest BCUT2D eigenvalue weighted by Gasteiger charge is 2.11. The Morgan fingerprint density at radius 2 is 2.62 bits per heavy atom. The third-order valence-electron chi connectivity index (χ3n) is 0.469. The average molecular weight is 112 g/mol. The van der Waals surface area contributed by atoms with E-state index in [1.54, 1.807) is 13.0 Å². The number of carbonyl (C=O) groups excluding carboxylic acids is 1. The van der Waals surface area contributed by atoms with Gasteiger partial charge in [-0.1, -0.05) is 0 Å². The smallest absolute Gasteiger partial charge is 0.429 e. The van der Waals surface area contributed by atoms with Crippen LogP contribution in [-0.2, 0) is 9.53 Å². The molecule has 0 atom stereocenters. The fraction of sp³-hybridized carbons (Fsp3) is 0.400. The van der Waals surface area contributed by atoms with Crippen molar-refractivity contribution >= 4 is 5.97 Å². The summed E-state index contributed by atoms with van der Waals surface area (Å²) >= 11 is 0. The number of ether oxygens (including phenoxy) is 1. The van der Waals surface area contributed by atoms with Crippen LogP contribution in [0.5, 0.6) is 0 Å². The molecule has 0 aliphatic rings. The lowest BCUT2D eigenvalue weighted by Crippen LogP contribution is -2.02. The Morgan fingerprint density at radius 1 is 2.00 bits per heavy atom. The van der Waals surface area contributed by atoms with Crippen LogP contribution in [-0.4, -0.2) is 12.6 Å². The highest BCUT2D eigenvalue weighted by atomic mass is 16.5. The predicted octanol–water partition coefficient (Wildman–Crippen LogP) is 0.277. The number of hydrogen-bond donors (Lipinski definition) is 0. The van der Waals surface area contributed by atoms with Gasteiger partial charge in [0.05, 0.1) is 6.61 Å². The zero-order chi connectivity index (χ0) is 6.41. The summed E-state index contributed by atoms with van der Waals surface area (Å²) in [4.78, 5) is 10.1. The van der Waals surface area contributed by atoms with Crippen molar-refractivity contribution in [2.45, 2.75) is 6.92 Å². The molecule has 0 aromatic heterocycles. The van der Waals surface area contributed by atoms with Crippen molar-refractivity contribution in [2.75, 3.05) is 6.61 Å². The van der Waals surface area contributed by atoms with Crippen molar-refractivity contribution in [2.24, 2.45) is 0 Å². The average Bonchev–Trinajstić information content (AvgIpc) is 1.68. The zero-order valence-electron chi connectivity index (χ0n) is 4.55. The first-order chi connectivity index (χ1) is 3.81. The second-order valence-electron chi connectivity index (χ2n) is 1.03. The molecule has 0 fully saturated rings. The lowest BCUT2D eigenvalue weighted by atomic mass is 10.5. The van der Waals surface area contributed by atoms with Gasteiger partial charge in [0.25, 0.3) is 0 Å². The molecule has 0 saturated carbocycles. The van der Waals surface area contributed by atoms with Crippen molar-refractivity contribution in [1.82, 2.24) is 0 Å². The van der Waals surface area contributed by atoms with Crippen LogP contribution in [0, 0.1) is 17.8 Å². The molecule has 0 aromatic rings. The van der Waals surface area contributed by atoms with Crippen molar-refractivity contribution in [1.29, 1.82) is 5.26 Å². The standard InChI is InChI=1S/C5H6NO2/c1-2-8-5(7)3-4-6/h3H,2H2,1H3/q+1. The predicted molar refractivity (Wildman–Crippen MR) is 26.5 cm³/mol. The van der Waals surface area contributed by atoms with Gasteiger partial charge in [0.2, 0.25) is 0 Å². The first-order valence-corrected chi connectivity index (χ1v) is 2.20. The number of carbonyl (C=O) groups is 1. The second-order valence-corrected chi connectivity index (χ2v) is 1.03. The van der Waals surface area contributed by atoms with Crippen molar-refractivity contribution in [3.63, 3.8) is 0 Å². The van der Waals surface area contributed by atoms with Crippen LogP contribution in [0.3, 0.4) is 0 Å². The normalized spacial score (nSPS) is 7.00. The highest BCUT2D eigenvalue weighted by molar-refractivity contribution is 5.82. The van der Waals surface area contributed by atoms with Crippen LogP contribution >= 0.6 is 0 Å². The monoisotopic (exact) mass is 112 g/mol. The molecule has 3 heteroatoms. The molecule has 0 unspecified atom stereocenters. The Morgan fingerprint density at radius 3 is 3.00 bits per heavy atom. The summed E-state index contributed by atoms with van der Waals surface area (Å²) in [5.41, 5.74) is 0. The van der Waals surface area contributed by atoms with Gasteiger partial charge in [0, 0.05) is 0 Å². The number of nitriles is 1. The minimum Gasteiger partial charge on any atom is -0.429 e. The Balaban J connectivity index is 3.23. The minimum atomic E-state index is -0.574. The van der Waals surface area contributed by atoms with E-state index < -0.39 is 5.97 Å². The Bertz CT molecular complexity index is 114. The fourth-order valence-electron chi connectivity index (χ4n) is 0.237. The van der Waals surface area contributed by atoms with Crippen LogP contribution in [0.1, 0.15) is 6.92 Å². The summed E-state index contributed by atoms with van der Waals surface area (Å²) in [5, 5.41) is 7.86. The molecular weight excluding hydrogens is 106 g/mol. The summed E-state index contributed by atoms with van der Waals surface area (Å²) in [5.74, 6) is -0.574. The summed E-state index contributed by atoms with van der Waals surface area (Å²) < 4.78 is 4.37. The summed E-state index contributed by atoms with van der Waals surface area (Å²) in [6, 6.07) is 1.55. The lowest BCUT2D eigenvalue weighted by molar-refractivity contribution is -0.138. The Hall–Kier alpha value is -1.17. The quantitative estimate of drug-likeness (QED) is 0.380. The second kappa shape index (κ2) is 4.00. The van der Waals surface area contributed by atoms with Gasteiger partial charge >= 0.3 is 18.5 Å². The molecule has 0 N–H and O–H groups in total. The van der Waals surface area contributed by atoms with E-state index in [0.29, 0.717) is 6.61 Å². The van der Waals surface area contributed by atoms with E-state index in [9.17, 15) is 4.79 Å². The molecule has 3 nitrogen and oxygen atoms in total.